The number of rotatable bonds is 2. The van der Waals surface area contributed by atoms with Gasteiger partial charge in [-0.3, -0.25) is 4.79 Å². The number of aryl methyl sites for hydroxylation is 2. The van der Waals surface area contributed by atoms with Gasteiger partial charge < -0.3 is 15.2 Å². The Hall–Kier alpha value is -2.60. The maximum Gasteiger partial charge on any atom is 0.205 e. The van der Waals surface area contributed by atoms with E-state index >= 15 is 0 Å². The molecule has 3 heterocycles. The first kappa shape index (κ1) is 15.6. The molecule has 6 heteroatoms. The van der Waals surface area contributed by atoms with Gasteiger partial charge in [0.05, 0.1) is 5.69 Å². The summed E-state index contributed by atoms with van der Waals surface area (Å²) in [5, 5.41) is 0.900. The zero-order valence-electron chi connectivity index (χ0n) is 14.2. The summed E-state index contributed by atoms with van der Waals surface area (Å²) in [6.07, 6.45) is 4.41. The van der Waals surface area contributed by atoms with Crippen LogP contribution in [0.15, 0.2) is 24.3 Å². The molecule has 0 atom stereocenters. The number of carbonyl (C=O) groups is 1. The zero-order valence-corrected chi connectivity index (χ0v) is 15.0. The maximum atomic E-state index is 13.1. The van der Waals surface area contributed by atoms with E-state index in [-0.39, 0.29) is 5.78 Å². The molecule has 0 saturated carbocycles. The molecule has 2 N–H and O–H groups in total. The number of carbonyl (C=O) groups excluding carboxylic acids is 1. The average Bonchev–Trinajstić information content (AvgIpc) is 3.01. The van der Waals surface area contributed by atoms with Crippen molar-refractivity contribution in [1.82, 2.24) is 4.98 Å². The second-order valence-electron chi connectivity index (χ2n) is 6.69. The normalized spacial score (nSPS) is 15.7. The lowest BCUT2D eigenvalue weighted by Crippen LogP contribution is -2.15. The summed E-state index contributed by atoms with van der Waals surface area (Å²) in [6, 6.07) is 7.41. The molecule has 0 spiro atoms. The fourth-order valence-electron chi connectivity index (χ4n) is 3.64. The van der Waals surface area contributed by atoms with Gasteiger partial charge >= 0.3 is 0 Å². The van der Waals surface area contributed by atoms with E-state index in [1.54, 1.807) is 18.2 Å². The monoisotopic (exact) mass is 366 g/mol. The number of benzene rings is 1. The zero-order chi connectivity index (χ0) is 17.7. The molecule has 1 aliphatic heterocycles. The van der Waals surface area contributed by atoms with Crippen LogP contribution in [-0.2, 0) is 12.8 Å². The summed E-state index contributed by atoms with van der Waals surface area (Å²) in [6.45, 7) is 1.02. The Bertz CT molecular complexity index is 1040. The van der Waals surface area contributed by atoms with E-state index < -0.39 is 0 Å². The number of nitrogen functional groups attached to an aromatic ring is 1. The first-order valence-corrected chi connectivity index (χ1v) is 9.67. The van der Waals surface area contributed by atoms with Gasteiger partial charge in [0, 0.05) is 16.6 Å². The van der Waals surface area contributed by atoms with Gasteiger partial charge in [-0.2, -0.15) is 0 Å². The lowest BCUT2D eigenvalue weighted by Gasteiger charge is -2.18. The molecule has 132 valence electrons. The van der Waals surface area contributed by atoms with Crippen LogP contribution < -0.4 is 15.2 Å². The Morgan fingerprint density at radius 1 is 1.08 bits per heavy atom. The van der Waals surface area contributed by atoms with Gasteiger partial charge in [-0.15, -0.1) is 11.3 Å². The molecule has 0 amide bonds. The molecule has 0 bridgehead atoms. The predicted molar refractivity (Wildman–Crippen MR) is 102 cm³/mol. The molecule has 5 rings (SSSR count). The Morgan fingerprint density at radius 2 is 1.88 bits per heavy atom. The van der Waals surface area contributed by atoms with Crippen molar-refractivity contribution in [2.45, 2.75) is 25.7 Å². The van der Waals surface area contributed by atoms with Crippen LogP contribution in [0.3, 0.4) is 0 Å². The van der Waals surface area contributed by atoms with E-state index in [9.17, 15) is 4.79 Å². The number of fused-ring (bicyclic) bond motifs is 3. The molecule has 5 nitrogen and oxygen atoms in total. The van der Waals surface area contributed by atoms with Gasteiger partial charge in [-0.1, -0.05) is 0 Å². The highest BCUT2D eigenvalue weighted by Gasteiger charge is 2.23. The van der Waals surface area contributed by atoms with Gasteiger partial charge in [0.1, 0.15) is 22.9 Å². The third-order valence-corrected chi connectivity index (χ3v) is 6.12. The highest BCUT2D eigenvalue weighted by molar-refractivity contribution is 7.21. The quantitative estimate of drug-likeness (QED) is 0.699. The summed E-state index contributed by atoms with van der Waals surface area (Å²) in [7, 11) is 0. The number of pyridine rings is 1. The number of anilines is 1. The SMILES string of the molecule is Nc1c(C(=O)c2ccc3c(c2)OCCO3)sc2nc3c(cc12)CCCC3. The Balaban J connectivity index is 1.58. The maximum absolute atomic E-state index is 13.1. The Kier molecular flexibility index (Phi) is 3.60. The third-order valence-electron chi connectivity index (χ3n) is 5.01. The number of ketones is 1. The summed E-state index contributed by atoms with van der Waals surface area (Å²) in [5.41, 5.74) is 9.85. The largest absolute Gasteiger partial charge is 0.486 e. The Morgan fingerprint density at radius 3 is 2.77 bits per heavy atom. The lowest BCUT2D eigenvalue weighted by atomic mass is 9.95. The summed E-state index contributed by atoms with van der Waals surface area (Å²) >= 11 is 1.38. The van der Waals surface area contributed by atoms with Crippen molar-refractivity contribution in [2.24, 2.45) is 0 Å². The van der Waals surface area contributed by atoms with Gasteiger partial charge in [0.2, 0.25) is 5.78 Å². The van der Waals surface area contributed by atoms with Crippen LogP contribution in [0.2, 0.25) is 0 Å². The van der Waals surface area contributed by atoms with Crippen molar-refractivity contribution >= 4 is 33.0 Å². The van der Waals surface area contributed by atoms with Crippen LogP contribution in [0.25, 0.3) is 10.2 Å². The van der Waals surface area contributed by atoms with Crippen molar-refractivity contribution in [3.05, 3.63) is 46.0 Å². The molecule has 2 aromatic heterocycles. The fourth-order valence-corrected chi connectivity index (χ4v) is 4.70. The molecule has 1 aromatic carbocycles. The highest BCUT2D eigenvalue weighted by atomic mass is 32.1. The van der Waals surface area contributed by atoms with Crippen LogP contribution in [0, 0.1) is 0 Å². The number of nitrogens with zero attached hydrogens (tertiary/aromatic N) is 1. The van der Waals surface area contributed by atoms with Crippen LogP contribution in [-0.4, -0.2) is 24.0 Å². The van der Waals surface area contributed by atoms with Gasteiger partial charge in [-0.05, 0) is 55.5 Å². The van der Waals surface area contributed by atoms with Crippen molar-refractivity contribution in [3.63, 3.8) is 0 Å². The summed E-state index contributed by atoms with van der Waals surface area (Å²) in [4.78, 5) is 19.2. The molecule has 1 aliphatic carbocycles. The fraction of sp³-hybridized carbons (Fsp3) is 0.300. The van der Waals surface area contributed by atoms with Crippen molar-refractivity contribution in [1.29, 1.82) is 0 Å². The number of hydrogen-bond donors (Lipinski definition) is 1. The molecule has 0 unspecified atom stereocenters. The van der Waals surface area contributed by atoms with Crippen molar-refractivity contribution in [2.75, 3.05) is 18.9 Å². The van der Waals surface area contributed by atoms with Gasteiger partial charge in [-0.25, -0.2) is 4.98 Å². The molecular formula is C20H18N2O3S. The van der Waals surface area contributed by atoms with E-state index in [0.717, 1.165) is 28.8 Å². The van der Waals surface area contributed by atoms with E-state index in [1.807, 2.05) is 0 Å². The number of hydrogen-bond acceptors (Lipinski definition) is 6. The lowest BCUT2D eigenvalue weighted by molar-refractivity contribution is 0.104. The molecule has 26 heavy (non-hydrogen) atoms. The second kappa shape index (κ2) is 5.99. The van der Waals surface area contributed by atoms with E-state index in [1.165, 1.54) is 29.7 Å². The number of thiophene rings is 1. The predicted octanol–water partition coefficient (Wildman–Crippen LogP) is 3.76. The molecule has 0 radical (unpaired) electrons. The smallest absolute Gasteiger partial charge is 0.205 e. The standard InChI is InChI=1S/C20H18N2O3S/c21-17-13-9-11-3-1-2-4-14(11)22-20(13)26-19(17)18(23)12-5-6-15-16(10-12)25-8-7-24-15/h5-6,9-10H,1-4,7-8,21H2. The van der Waals surface area contributed by atoms with Crippen LogP contribution >= 0.6 is 11.3 Å². The number of ether oxygens (including phenoxy) is 2. The van der Waals surface area contributed by atoms with E-state index in [0.29, 0.717) is 40.8 Å². The molecular weight excluding hydrogens is 348 g/mol. The van der Waals surface area contributed by atoms with Crippen molar-refractivity contribution < 1.29 is 14.3 Å². The van der Waals surface area contributed by atoms with E-state index in [2.05, 4.69) is 6.07 Å². The minimum atomic E-state index is -0.0968. The molecule has 2 aliphatic rings. The van der Waals surface area contributed by atoms with Crippen LogP contribution in [0.5, 0.6) is 11.5 Å². The third kappa shape index (κ3) is 2.44. The highest BCUT2D eigenvalue weighted by Crippen LogP contribution is 2.38. The molecule has 0 fully saturated rings. The van der Waals surface area contributed by atoms with Crippen molar-refractivity contribution in [3.8, 4) is 11.5 Å². The van der Waals surface area contributed by atoms with Crippen LogP contribution in [0.4, 0.5) is 5.69 Å². The number of aromatic nitrogens is 1. The minimum Gasteiger partial charge on any atom is -0.486 e. The first-order valence-electron chi connectivity index (χ1n) is 8.86. The minimum absolute atomic E-state index is 0.0968. The first-order chi connectivity index (χ1) is 12.7. The summed E-state index contributed by atoms with van der Waals surface area (Å²) in [5.74, 6) is 1.18. The topological polar surface area (TPSA) is 74.4 Å². The van der Waals surface area contributed by atoms with Crippen LogP contribution in [0.1, 0.15) is 39.3 Å². The molecule has 0 saturated heterocycles. The molecule has 3 aromatic rings. The van der Waals surface area contributed by atoms with Gasteiger partial charge in [0.15, 0.2) is 11.5 Å². The average molecular weight is 366 g/mol. The van der Waals surface area contributed by atoms with Gasteiger partial charge in [0.25, 0.3) is 0 Å². The summed E-state index contributed by atoms with van der Waals surface area (Å²) < 4.78 is 11.1. The Labute approximate surface area is 154 Å². The number of nitrogens with two attached hydrogens (primary N) is 1. The second-order valence-corrected chi connectivity index (χ2v) is 7.69. The van der Waals surface area contributed by atoms with E-state index in [4.69, 9.17) is 20.2 Å².